The van der Waals surface area contributed by atoms with E-state index >= 15 is 0 Å². The normalized spacial score (nSPS) is 14.9. The maximum Gasteiger partial charge on any atom is 0.416 e. The lowest BCUT2D eigenvalue weighted by Crippen LogP contribution is -2.18. The summed E-state index contributed by atoms with van der Waals surface area (Å²) in [6.45, 7) is 0.594. The fourth-order valence-corrected chi connectivity index (χ4v) is 4.20. The Kier molecular flexibility index (Phi) is 5.20. The van der Waals surface area contributed by atoms with Gasteiger partial charge in [0.2, 0.25) is 0 Å². The van der Waals surface area contributed by atoms with Crippen LogP contribution in [-0.2, 0) is 12.7 Å². The number of ketones is 1. The number of halogens is 3. The molecule has 0 atom stereocenters. The summed E-state index contributed by atoms with van der Waals surface area (Å²) < 4.78 is 38.3. The molecule has 0 amide bonds. The molecular weight excluding hydrogens is 395 g/mol. The summed E-state index contributed by atoms with van der Waals surface area (Å²) in [5.74, 6) is -0.327. The van der Waals surface area contributed by atoms with Crippen molar-refractivity contribution in [3.63, 3.8) is 0 Å². The van der Waals surface area contributed by atoms with Crippen molar-refractivity contribution in [2.75, 3.05) is 4.90 Å². The quantitative estimate of drug-likeness (QED) is 0.359. The van der Waals surface area contributed by atoms with Gasteiger partial charge in [0.15, 0.2) is 5.78 Å². The molecule has 0 spiro atoms. The van der Waals surface area contributed by atoms with Gasteiger partial charge in [-0.1, -0.05) is 66.4 Å². The SMILES string of the molecule is O=C(C=C1Sc2ccccc2N1Cc1ccccc1)c1ccc(C(F)(F)F)cc1. The zero-order chi connectivity index (χ0) is 20.4. The first kappa shape index (κ1) is 19.3. The number of fused-ring (bicyclic) bond motifs is 1. The third-order valence-corrected chi connectivity index (χ3v) is 5.68. The van der Waals surface area contributed by atoms with E-state index in [-0.39, 0.29) is 11.3 Å². The number of rotatable bonds is 4. The Balaban J connectivity index is 1.63. The van der Waals surface area contributed by atoms with Crippen molar-refractivity contribution < 1.29 is 18.0 Å². The summed E-state index contributed by atoms with van der Waals surface area (Å²) >= 11 is 1.48. The molecule has 1 aliphatic rings. The van der Waals surface area contributed by atoms with E-state index in [0.717, 1.165) is 33.3 Å². The van der Waals surface area contributed by atoms with E-state index in [1.807, 2.05) is 54.6 Å². The summed E-state index contributed by atoms with van der Waals surface area (Å²) in [7, 11) is 0. The first-order chi connectivity index (χ1) is 13.9. The van der Waals surface area contributed by atoms with Crippen LogP contribution in [0.25, 0.3) is 0 Å². The van der Waals surface area contributed by atoms with Gasteiger partial charge in [-0.15, -0.1) is 0 Å². The number of nitrogens with zero attached hydrogens (tertiary/aromatic N) is 1. The second kappa shape index (κ2) is 7.79. The van der Waals surface area contributed by atoms with Crippen molar-refractivity contribution in [3.8, 4) is 0 Å². The summed E-state index contributed by atoms with van der Waals surface area (Å²) in [4.78, 5) is 15.8. The number of alkyl halides is 3. The highest BCUT2D eigenvalue weighted by molar-refractivity contribution is 8.03. The fourth-order valence-electron chi connectivity index (χ4n) is 3.11. The monoisotopic (exact) mass is 411 g/mol. The van der Waals surface area contributed by atoms with Crippen LogP contribution in [0.3, 0.4) is 0 Å². The van der Waals surface area contributed by atoms with Crippen LogP contribution in [0.1, 0.15) is 21.5 Å². The second-order valence-corrected chi connectivity index (χ2v) is 7.63. The van der Waals surface area contributed by atoms with E-state index in [0.29, 0.717) is 6.54 Å². The van der Waals surface area contributed by atoms with Crippen molar-refractivity contribution in [1.82, 2.24) is 0 Å². The topological polar surface area (TPSA) is 20.3 Å². The van der Waals surface area contributed by atoms with Gasteiger partial charge in [-0.2, -0.15) is 13.2 Å². The number of allylic oxidation sites excluding steroid dienone is 1. The Morgan fingerprint density at radius 3 is 2.24 bits per heavy atom. The van der Waals surface area contributed by atoms with E-state index < -0.39 is 11.7 Å². The molecule has 3 aromatic carbocycles. The number of anilines is 1. The predicted octanol–water partition coefficient (Wildman–Crippen LogP) is 6.54. The Hall–Kier alpha value is -2.99. The number of benzene rings is 3. The number of carbonyl (C=O) groups is 1. The summed E-state index contributed by atoms with van der Waals surface area (Å²) in [6.07, 6.45) is -2.92. The molecule has 3 aromatic rings. The molecular formula is C23H16F3NOS. The minimum atomic E-state index is -4.42. The summed E-state index contributed by atoms with van der Waals surface area (Å²) in [5, 5.41) is 0.750. The van der Waals surface area contributed by atoms with Gasteiger partial charge in [-0.25, -0.2) is 0 Å². The van der Waals surface area contributed by atoms with Crippen LogP contribution in [0.2, 0.25) is 0 Å². The Morgan fingerprint density at radius 2 is 1.55 bits per heavy atom. The molecule has 0 radical (unpaired) electrons. The van der Waals surface area contributed by atoms with Gasteiger partial charge in [0.25, 0.3) is 0 Å². The van der Waals surface area contributed by atoms with Gasteiger partial charge >= 0.3 is 6.18 Å². The second-order valence-electron chi connectivity index (χ2n) is 6.56. The summed E-state index contributed by atoms with van der Waals surface area (Å²) in [6, 6.07) is 22.1. The minimum absolute atomic E-state index is 0.224. The Bertz CT molecular complexity index is 1060. The zero-order valence-corrected chi connectivity index (χ0v) is 16.0. The number of thioether (sulfide) groups is 1. The molecule has 146 valence electrons. The molecule has 6 heteroatoms. The van der Waals surface area contributed by atoms with Crippen molar-refractivity contribution >= 4 is 23.2 Å². The van der Waals surface area contributed by atoms with Gasteiger partial charge in [0, 0.05) is 23.1 Å². The van der Waals surface area contributed by atoms with Gasteiger partial charge in [0.1, 0.15) is 0 Å². The van der Waals surface area contributed by atoms with Crippen molar-refractivity contribution in [3.05, 3.63) is 107 Å². The summed E-state index contributed by atoms with van der Waals surface area (Å²) in [5.41, 5.74) is 1.56. The van der Waals surface area contributed by atoms with Gasteiger partial charge < -0.3 is 4.90 Å². The van der Waals surface area contributed by atoms with Crippen LogP contribution >= 0.6 is 11.8 Å². The highest BCUT2D eigenvalue weighted by Crippen LogP contribution is 2.46. The average Bonchev–Trinajstić information content (AvgIpc) is 3.05. The number of para-hydroxylation sites is 1. The molecule has 2 nitrogen and oxygen atoms in total. The number of hydrogen-bond acceptors (Lipinski definition) is 3. The molecule has 0 N–H and O–H groups in total. The average molecular weight is 411 g/mol. The lowest BCUT2D eigenvalue weighted by Gasteiger charge is -2.20. The zero-order valence-electron chi connectivity index (χ0n) is 15.2. The molecule has 4 rings (SSSR count). The minimum Gasteiger partial charge on any atom is -0.330 e. The molecule has 0 bridgehead atoms. The first-order valence-electron chi connectivity index (χ1n) is 8.93. The standard InChI is InChI=1S/C23H16F3NOS/c24-23(25,26)18-12-10-17(11-13-18)20(28)14-22-27(15-16-6-2-1-3-7-16)19-8-4-5-9-21(19)29-22/h1-14H,15H2. The van der Waals surface area contributed by atoms with Gasteiger partial charge in [-0.05, 0) is 29.8 Å². The fraction of sp³-hybridized carbons (Fsp3) is 0.0870. The molecule has 1 heterocycles. The third kappa shape index (κ3) is 4.22. The predicted molar refractivity (Wildman–Crippen MR) is 109 cm³/mol. The van der Waals surface area contributed by atoms with E-state index in [4.69, 9.17) is 0 Å². The first-order valence-corrected chi connectivity index (χ1v) is 9.75. The molecule has 0 aliphatic carbocycles. The highest BCUT2D eigenvalue weighted by atomic mass is 32.2. The largest absolute Gasteiger partial charge is 0.416 e. The van der Waals surface area contributed by atoms with Gasteiger partial charge in [-0.3, -0.25) is 4.79 Å². The van der Waals surface area contributed by atoms with Crippen molar-refractivity contribution in [2.45, 2.75) is 17.6 Å². The van der Waals surface area contributed by atoms with E-state index in [9.17, 15) is 18.0 Å². The third-order valence-electron chi connectivity index (χ3n) is 4.57. The smallest absolute Gasteiger partial charge is 0.330 e. The van der Waals surface area contributed by atoms with E-state index in [1.54, 1.807) is 0 Å². The number of hydrogen-bond donors (Lipinski definition) is 0. The van der Waals surface area contributed by atoms with Crippen LogP contribution < -0.4 is 4.90 Å². The highest BCUT2D eigenvalue weighted by Gasteiger charge is 2.30. The molecule has 29 heavy (non-hydrogen) atoms. The van der Waals surface area contributed by atoms with Gasteiger partial charge in [0.05, 0.1) is 16.3 Å². The van der Waals surface area contributed by atoms with Crippen LogP contribution in [0, 0.1) is 0 Å². The molecule has 0 aromatic heterocycles. The lowest BCUT2D eigenvalue weighted by molar-refractivity contribution is -0.137. The van der Waals surface area contributed by atoms with Crippen LogP contribution in [0.5, 0.6) is 0 Å². The van der Waals surface area contributed by atoms with Crippen LogP contribution in [0.15, 0.2) is 94.9 Å². The van der Waals surface area contributed by atoms with Crippen molar-refractivity contribution in [2.24, 2.45) is 0 Å². The molecule has 0 saturated carbocycles. The molecule has 0 unspecified atom stereocenters. The van der Waals surface area contributed by atoms with Crippen LogP contribution in [0.4, 0.5) is 18.9 Å². The molecule has 1 aliphatic heterocycles. The Labute approximate surface area is 170 Å². The maximum atomic E-state index is 12.8. The Morgan fingerprint density at radius 1 is 0.897 bits per heavy atom. The van der Waals surface area contributed by atoms with E-state index in [2.05, 4.69) is 4.90 Å². The lowest BCUT2D eigenvalue weighted by atomic mass is 10.1. The molecule has 0 saturated heterocycles. The molecule has 0 fully saturated rings. The van der Waals surface area contributed by atoms with Crippen LogP contribution in [-0.4, -0.2) is 5.78 Å². The maximum absolute atomic E-state index is 12.8. The van der Waals surface area contributed by atoms with E-state index in [1.165, 1.54) is 30.0 Å². The van der Waals surface area contributed by atoms with Crippen molar-refractivity contribution in [1.29, 1.82) is 0 Å². The number of carbonyl (C=O) groups excluding carboxylic acids is 1.